The quantitative estimate of drug-likeness (QED) is 0.710. The Kier molecular flexibility index (Phi) is 3.93. The third-order valence-electron chi connectivity index (χ3n) is 5.51. The normalized spacial score (nSPS) is 17.3. The molecule has 0 bridgehead atoms. The molecule has 1 fully saturated rings. The van der Waals surface area contributed by atoms with E-state index in [0.29, 0.717) is 6.04 Å². The molecule has 25 heavy (non-hydrogen) atoms. The standard InChI is InChI=1S/C21H23N3S/c1-2-7-14(8-3-1)13-18-23-20(22-15-9-4-5-10-15)19-16-11-6-12-17(16)25-21(19)24-18/h1-3,7-8,15H,4-6,9-13H2,(H,22,23,24). The summed E-state index contributed by atoms with van der Waals surface area (Å²) in [6, 6.07) is 11.1. The second-order valence-electron chi connectivity index (χ2n) is 7.31. The van der Waals surface area contributed by atoms with Crippen molar-refractivity contribution in [2.45, 2.75) is 57.4 Å². The van der Waals surface area contributed by atoms with Crippen LogP contribution in [0.3, 0.4) is 0 Å². The van der Waals surface area contributed by atoms with E-state index < -0.39 is 0 Å². The van der Waals surface area contributed by atoms with Crippen molar-refractivity contribution in [1.82, 2.24) is 9.97 Å². The Hall–Kier alpha value is -1.94. The lowest BCUT2D eigenvalue weighted by Crippen LogP contribution is -2.17. The predicted molar refractivity (Wildman–Crippen MR) is 105 cm³/mol. The number of benzene rings is 1. The van der Waals surface area contributed by atoms with Crippen molar-refractivity contribution >= 4 is 27.4 Å². The van der Waals surface area contributed by atoms with Crippen molar-refractivity contribution in [3.8, 4) is 0 Å². The predicted octanol–water partition coefficient (Wildman–Crippen LogP) is 5.13. The molecule has 0 amide bonds. The van der Waals surface area contributed by atoms with Crippen LogP contribution in [0.1, 0.15) is 53.9 Å². The van der Waals surface area contributed by atoms with E-state index >= 15 is 0 Å². The zero-order valence-electron chi connectivity index (χ0n) is 14.4. The number of hydrogen-bond acceptors (Lipinski definition) is 4. The van der Waals surface area contributed by atoms with Gasteiger partial charge in [-0.25, -0.2) is 9.97 Å². The van der Waals surface area contributed by atoms with Gasteiger partial charge in [-0.15, -0.1) is 11.3 Å². The van der Waals surface area contributed by atoms with Gasteiger partial charge in [-0.1, -0.05) is 43.2 Å². The molecule has 0 unspecified atom stereocenters. The average molecular weight is 350 g/mol. The van der Waals surface area contributed by atoms with E-state index in [4.69, 9.17) is 9.97 Å². The van der Waals surface area contributed by atoms with Crippen LogP contribution >= 0.6 is 11.3 Å². The van der Waals surface area contributed by atoms with E-state index in [1.807, 2.05) is 11.3 Å². The fourth-order valence-electron chi connectivity index (χ4n) is 4.27. The van der Waals surface area contributed by atoms with Crippen LogP contribution in [0.2, 0.25) is 0 Å². The van der Waals surface area contributed by atoms with Crippen molar-refractivity contribution in [2.75, 3.05) is 5.32 Å². The highest BCUT2D eigenvalue weighted by molar-refractivity contribution is 7.19. The fraction of sp³-hybridized carbons (Fsp3) is 0.429. The molecule has 1 N–H and O–H groups in total. The Bertz CT molecular complexity index is 894. The van der Waals surface area contributed by atoms with E-state index in [2.05, 4.69) is 35.6 Å². The molecule has 1 saturated carbocycles. The molecule has 2 aliphatic carbocycles. The first-order valence-electron chi connectivity index (χ1n) is 9.48. The molecule has 2 aromatic heterocycles. The highest BCUT2D eigenvalue weighted by Crippen LogP contribution is 2.40. The number of rotatable bonds is 4. The molecule has 0 radical (unpaired) electrons. The second kappa shape index (κ2) is 6.41. The number of fused-ring (bicyclic) bond motifs is 3. The molecule has 2 aliphatic rings. The molecule has 0 saturated heterocycles. The molecule has 3 nitrogen and oxygen atoms in total. The maximum absolute atomic E-state index is 4.99. The van der Waals surface area contributed by atoms with Crippen LogP contribution in [-0.2, 0) is 19.3 Å². The Morgan fingerprint density at radius 1 is 1.00 bits per heavy atom. The lowest BCUT2D eigenvalue weighted by atomic mass is 10.1. The highest BCUT2D eigenvalue weighted by Gasteiger charge is 2.24. The first-order chi connectivity index (χ1) is 12.4. The molecule has 3 aromatic rings. The van der Waals surface area contributed by atoms with Crippen LogP contribution in [0.5, 0.6) is 0 Å². The minimum atomic E-state index is 0.583. The van der Waals surface area contributed by atoms with Crippen LogP contribution in [0.15, 0.2) is 30.3 Å². The zero-order chi connectivity index (χ0) is 16.6. The Morgan fingerprint density at radius 3 is 2.68 bits per heavy atom. The Labute approximate surface area is 152 Å². The number of anilines is 1. The third kappa shape index (κ3) is 2.93. The van der Waals surface area contributed by atoms with Crippen LogP contribution in [0.25, 0.3) is 10.2 Å². The SMILES string of the molecule is c1ccc(Cc2nc(NC3CCCC3)c3c4c(sc3n2)CCC4)cc1. The smallest absolute Gasteiger partial charge is 0.139 e. The van der Waals surface area contributed by atoms with Crippen molar-refractivity contribution in [3.63, 3.8) is 0 Å². The fourth-order valence-corrected chi connectivity index (χ4v) is 5.55. The van der Waals surface area contributed by atoms with Gasteiger partial charge in [0.05, 0.1) is 5.39 Å². The van der Waals surface area contributed by atoms with E-state index in [9.17, 15) is 0 Å². The second-order valence-corrected chi connectivity index (χ2v) is 8.40. The van der Waals surface area contributed by atoms with Gasteiger partial charge >= 0.3 is 0 Å². The van der Waals surface area contributed by atoms with Gasteiger partial charge in [0.25, 0.3) is 0 Å². The number of aryl methyl sites for hydroxylation is 2. The first-order valence-corrected chi connectivity index (χ1v) is 10.3. The number of aromatic nitrogens is 2. The Balaban J connectivity index is 1.57. The number of hydrogen-bond donors (Lipinski definition) is 1. The topological polar surface area (TPSA) is 37.8 Å². The molecule has 0 atom stereocenters. The molecule has 0 aliphatic heterocycles. The van der Waals surface area contributed by atoms with Crippen molar-refractivity contribution in [1.29, 1.82) is 0 Å². The molecular weight excluding hydrogens is 326 g/mol. The van der Waals surface area contributed by atoms with Crippen molar-refractivity contribution in [2.24, 2.45) is 0 Å². The van der Waals surface area contributed by atoms with Crippen LogP contribution < -0.4 is 5.32 Å². The molecule has 0 spiro atoms. The van der Waals surface area contributed by atoms with Gasteiger partial charge in [-0.05, 0) is 43.2 Å². The number of nitrogens with one attached hydrogen (secondary N) is 1. The van der Waals surface area contributed by atoms with Crippen LogP contribution in [-0.4, -0.2) is 16.0 Å². The van der Waals surface area contributed by atoms with Gasteiger partial charge in [0.15, 0.2) is 0 Å². The first kappa shape index (κ1) is 15.3. The maximum atomic E-state index is 4.99. The van der Waals surface area contributed by atoms with Gasteiger partial charge < -0.3 is 5.32 Å². The lowest BCUT2D eigenvalue weighted by Gasteiger charge is -2.15. The van der Waals surface area contributed by atoms with Gasteiger partial charge in [0.1, 0.15) is 16.5 Å². The summed E-state index contributed by atoms with van der Waals surface area (Å²) in [5.74, 6) is 2.04. The minimum Gasteiger partial charge on any atom is -0.367 e. The molecule has 4 heteroatoms. The monoisotopic (exact) mass is 349 g/mol. The highest BCUT2D eigenvalue weighted by atomic mass is 32.1. The maximum Gasteiger partial charge on any atom is 0.139 e. The van der Waals surface area contributed by atoms with E-state index in [0.717, 1.165) is 18.1 Å². The summed E-state index contributed by atoms with van der Waals surface area (Å²) in [6.07, 6.45) is 9.71. The summed E-state index contributed by atoms with van der Waals surface area (Å²) in [6.45, 7) is 0. The summed E-state index contributed by atoms with van der Waals surface area (Å²) in [7, 11) is 0. The summed E-state index contributed by atoms with van der Waals surface area (Å²) in [5.41, 5.74) is 2.80. The number of thiophene rings is 1. The average Bonchev–Trinajstić information content (AvgIpc) is 3.32. The van der Waals surface area contributed by atoms with Gasteiger partial charge in [0, 0.05) is 17.3 Å². The third-order valence-corrected chi connectivity index (χ3v) is 6.70. The molecule has 2 heterocycles. The van der Waals surface area contributed by atoms with Crippen molar-refractivity contribution < 1.29 is 0 Å². The van der Waals surface area contributed by atoms with Crippen LogP contribution in [0.4, 0.5) is 5.82 Å². The van der Waals surface area contributed by atoms with Gasteiger partial charge in [-0.2, -0.15) is 0 Å². The minimum absolute atomic E-state index is 0.583. The summed E-state index contributed by atoms with van der Waals surface area (Å²) >= 11 is 1.89. The molecule has 128 valence electrons. The zero-order valence-corrected chi connectivity index (χ0v) is 15.2. The van der Waals surface area contributed by atoms with E-state index in [1.165, 1.54) is 71.2 Å². The number of nitrogens with zero attached hydrogens (tertiary/aromatic N) is 2. The van der Waals surface area contributed by atoms with Crippen LogP contribution in [0, 0.1) is 0 Å². The van der Waals surface area contributed by atoms with Crippen molar-refractivity contribution in [3.05, 3.63) is 52.2 Å². The van der Waals surface area contributed by atoms with E-state index in [1.54, 1.807) is 0 Å². The molecule has 1 aromatic carbocycles. The summed E-state index contributed by atoms with van der Waals surface area (Å²) < 4.78 is 0. The lowest BCUT2D eigenvalue weighted by molar-refractivity contribution is 0.749. The Morgan fingerprint density at radius 2 is 1.84 bits per heavy atom. The summed E-state index contributed by atoms with van der Waals surface area (Å²) in [5, 5.41) is 5.10. The largest absolute Gasteiger partial charge is 0.367 e. The summed E-state index contributed by atoms with van der Waals surface area (Å²) in [4.78, 5) is 12.7. The van der Waals surface area contributed by atoms with E-state index in [-0.39, 0.29) is 0 Å². The van der Waals surface area contributed by atoms with Gasteiger partial charge in [-0.3, -0.25) is 0 Å². The molecule has 5 rings (SSSR count). The molecular formula is C21H23N3S. The van der Waals surface area contributed by atoms with Gasteiger partial charge in [0.2, 0.25) is 0 Å².